The summed E-state index contributed by atoms with van der Waals surface area (Å²) >= 11 is 3.49. The summed E-state index contributed by atoms with van der Waals surface area (Å²) in [4.78, 5) is 4.72. The minimum atomic E-state index is -1.46. The molecule has 0 amide bonds. The van der Waals surface area contributed by atoms with E-state index in [2.05, 4.69) is 33.2 Å². The van der Waals surface area contributed by atoms with Crippen LogP contribution in [0.2, 0.25) is 0 Å². The highest BCUT2D eigenvalue weighted by Crippen LogP contribution is 2.39. The van der Waals surface area contributed by atoms with Gasteiger partial charge in [-0.15, -0.1) is 0 Å². The van der Waals surface area contributed by atoms with Crippen molar-refractivity contribution in [1.29, 1.82) is 0 Å². The maximum Gasteiger partial charge on any atom is 0.168 e. The van der Waals surface area contributed by atoms with Gasteiger partial charge in [0.15, 0.2) is 5.58 Å². The van der Waals surface area contributed by atoms with E-state index in [1.807, 2.05) is 69.3 Å². The highest BCUT2D eigenvalue weighted by molar-refractivity contribution is 9.10. The standard InChI is InChI=1S/C25H26BrN3O2S/c1-16-7-6-8-19(28-16)13-17(15-25(2,3)32(27)30)20-9-4-5-10-21(20)24-22-12-11-18(26)14-23(22)31-29-24/h4-12,14,17H,13,15,27H2,1-3H3/t17-,32?/m0/s1. The van der Waals surface area contributed by atoms with Crippen LogP contribution in [0.5, 0.6) is 0 Å². The summed E-state index contributed by atoms with van der Waals surface area (Å²) < 4.78 is 18.3. The fourth-order valence-corrected chi connectivity index (χ4v) is 4.81. The van der Waals surface area contributed by atoms with Gasteiger partial charge in [-0.2, -0.15) is 0 Å². The third kappa shape index (κ3) is 4.85. The predicted octanol–water partition coefficient (Wildman–Crippen LogP) is 6.08. The normalized spacial score (nSPS) is 13.9. The number of nitrogens with two attached hydrogens (primary N) is 1. The van der Waals surface area contributed by atoms with Crippen LogP contribution in [0.3, 0.4) is 0 Å². The van der Waals surface area contributed by atoms with Gasteiger partial charge in [0.25, 0.3) is 0 Å². The van der Waals surface area contributed by atoms with Crippen molar-refractivity contribution in [1.82, 2.24) is 10.1 Å². The van der Waals surface area contributed by atoms with Crippen molar-refractivity contribution >= 4 is 37.9 Å². The first-order valence-electron chi connectivity index (χ1n) is 10.5. The number of pyridine rings is 1. The maximum absolute atomic E-state index is 12.3. The van der Waals surface area contributed by atoms with E-state index in [0.29, 0.717) is 12.8 Å². The average Bonchev–Trinajstić information content (AvgIpc) is 3.16. The van der Waals surface area contributed by atoms with Crippen molar-refractivity contribution < 1.29 is 8.73 Å². The van der Waals surface area contributed by atoms with E-state index in [9.17, 15) is 4.21 Å². The Bertz CT molecular complexity index is 1290. The highest BCUT2D eigenvalue weighted by atomic mass is 79.9. The van der Waals surface area contributed by atoms with Crippen LogP contribution in [0.25, 0.3) is 22.2 Å². The molecule has 32 heavy (non-hydrogen) atoms. The zero-order chi connectivity index (χ0) is 22.9. The second kappa shape index (κ2) is 9.25. The van der Waals surface area contributed by atoms with Crippen LogP contribution < -0.4 is 5.14 Å². The second-order valence-electron chi connectivity index (χ2n) is 8.69. The lowest BCUT2D eigenvalue weighted by atomic mass is 9.83. The monoisotopic (exact) mass is 511 g/mol. The topological polar surface area (TPSA) is 82.0 Å². The minimum absolute atomic E-state index is 0.0465. The first kappa shape index (κ1) is 22.8. The van der Waals surface area contributed by atoms with Crippen LogP contribution >= 0.6 is 15.9 Å². The number of benzene rings is 2. The Morgan fingerprint density at radius 1 is 1.12 bits per heavy atom. The zero-order valence-corrected chi connectivity index (χ0v) is 20.7. The van der Waals surface area contributed by atoms with Gasteiger partial charge in [-0.25, -0.2) is 4.21 Å². The molecule has 2 N–H and O–H groups in total. The molecule has 4 rings (SSSR count). The van der Waals surface area contributed by atoms with Crippen LogP contribution in [-0.4, -0.2) is 19.1 Å². The van der Waals surface area contributed by atoms with Crippen LogP contribution in [-0.2, 0) is 17.4 Å². The summed E-state index contributed by atoms with van der Waals surface area (Å²) in [7, 11) is -1.46. The predicted molar refractivity (Wildman–Crippen MR) is 134 cm³/mol. The van der Waals surface area contributed by atoms with Gasteiger partial charge < -0.3 is 4.52 Å². The molecule has 0 radical (unpaired) electrons. The van der Waals surface area contributed by atoms with E-state index >= 15 is 0 Å². The number of fused-ring (bicyclic) bond motifs is 1. The van der Waals surface area contributed by atoms with Crippen molar-refractivity contribution in [3.63, 3.8) is 0 Å². The largest absolute Gasteiger partial charge is 0.356 e. The number of hydrogen-bond acceptors (Lipinski definition) is 4. The molecule has 5 nitrogen and oxygen atoms in total. The van der Waals surface area contributed by atoms with Gasteiger partial charge >= 0.3 is 0 Å². The summed E-state index contributed by atoms with van der Waals surface area (Å²) in [6.07, 6.45) is 1.35. The van der Waals surface area contributed by atoms with Gasteiger partial charge in [-0.1, -0.05) is 51.4 Å². The van der Waals surface area contributed by atoms with Crippen LogP contribution in [0.4, 0.5) is 0 Å². The summed E-state index contributed by atoms with van der Waals surface area (Å²) in [6.45, 7) is 5.89. The first-order valence-corrected chi connectivity index (χ1v) is 12.5. The lowest BCUT2D eigenvalue weighted by molar-refractivity contribution is 0.459. The number of halogens is 1. The van der Waals surface area contributed by atoms with Crippen LogP contribution in [0, 0.1) is 6.92 Å². The Morgan fingerprint density at radius 2 is 1.91 bits per heavy atom. The smallest absolute Gasteiger partial charge is 0.168 e. The summed E-state index contributed by atoms with van der Waals surface area (Å²) in [5.41, 5.74) is 5.63. The van der Waals surface area contributed by atoms with Gasteiger partial charge in [-0.05, 0) is 75.4 Å². The number of rotatable bonds is 7. The van der Waals surface area contributed by atoms with Crippen LogP contribution in [0.1, 0.15) is 43.1 Å². The van der Waals surface area contributed by atoms with Crippen molar-refractivity contribution in [2.45, 2.75) is 44.3 Å². The van der Waals surface area contributed by atoms with Crippen LogP contribution in [0.15, 0.2) is 69.7 Å². The molecule has 7 heteroatoms. The Kier molecular flexibility index (Phi) is 6.60. The Hall–Kier alpha value is -2.35. The summed E-state index contributed by atoms with van der Waals surface area (Å²) in [6, 6.07) is 20.2. The number of hydrogen-bond donors (Lipinski definition) is 1. The lowest BCUT2D eigenvalue weighted by Crippen LogP contribution is -2.34. The molecule has 0 aliphatic heterocycles. The van der Waals surface area contributed by atoms with Gasteiger partial charge in [0.05, 0.1) is 15.7 Å². The molecule has 4 aromatic rings. The summed E-state index contributed by atoms with van der Waals surface area (Å²) in [5.74, 6) is 0.0465. The van der Waals surface area contributed by atoms with Crippen molar-refractivity contribution in [3.05, 3.63) is 82.1 Å². The molecule has 2 atom stereocenters. The molecule has 0 aliphatic carbocycles. The third-order valence-corrected chi connectivity index (χ3v) is 7.52. The molecule has 166 valence electrons. The van der Waals surface area contributed by atoms with Gasteiger partial charge in [0, 0.05) is 26.8 Å². The van der Waals surface area contributed by atoms with Crippen molar-refractivity contribution in [3.8, 4) is 11.3 Å². The van der Waals surface area contributed by atoms with E-state index in [1.54, 1.807) is 0 Å². The molecule has 0 saturated carbocycles. The Labute approximate surface area is 199 Å². The molecular weight excluding hydrogens is 486 g/mol. The van der Waals surface area contributed by atoms with E-state index in [0.717, 1.165) is 43.7 Å². The molecular formula is C25H26BrN3O2S. The van der Waals surface area contributed by atoms with Gasteiger partial charge in [0.2, 0.25) is 0 Å². The molecule has 0 bridgehead atoms. The highest BCUT2D eigenvalue weighted by Gasteiger charge is 2.31. The Balaban J connectivity index is 1.83. The molecule has 2 aromatic carbocycles. The SMILES string of the molecule is Cc1cccc(C[C@@H](CC(C)(C)S(N)=O)c2ccccc2-c2noc3cc(Br)ccc23)n1. The van der Waals surface area contributed by atoms with E-state index in [-0.39, 0.29) is 5.92 Å². The molecule has 2 heterocycles. The zero-order valence-electron chi connectivity index (χ0n) is 18.3. The fraction of sp³-hybridized carbons (Fsp3) is 0.280. The quantitative estimate of drug-likeness (QED) is 0.326. The maximum atomic E-state index is 12.3. The number of aryl methyl sites for hydroxylation is 1. The van der Waals surface area contributed by atoms with Gasteiger partial charge in [0.1, 0.15) is 5.69 Å². The van der Waals surface area contributed by atoms with E-state index in [4.69, 9.17) is 14.6 Å². The first-order chi connectivity index (χ1) is 15.2. The second-order valence-corrected chi connectivity index (χ2v) is 11.3. The molecule has 2 aromatic heterocycles. The Morgan fingerprint density at radius 3 is 2.66 bits per heavy atom. The van der Waals surface area contributed by atoms with E-state index in [1.165, 1.54) is 0 Å². The van der Waals surface area contributed by atoms with Gasteiger partial charge in [-0.3, -0.25) is 10.1 Å². The molecule has 0 saturated heterocycles. The fourth-order valence-electron chi connectivity index (χ4n) is 4.11. The molecule has 1 unspecified atom stereocenters. The lowest BCUT2D eigenvalue weighted by Gasteiger charge is -2.29. The van der Waals surface area contributed by atoms with Crippen molar-refractivity contribution in [2.24, 2.45) is 5.14 Å². The van der Waals surface area contributed by atoms with Crippen molar-refractivity contribution in [2.75, 3.05) is 0 Å². The number of nitrogens with zero attached hydrogens (tertiary/aromatic N) is 2. The molecule has 0 spiro atoms. The van der Waals surface area contributed by atoms with E-state index < -0.39 is 15.7 Å². The average molecular weight is 512 g/mol. The number of aromatic nitrogens is 2. The molecule has 0 fully saturated rings. The molecule has 0 aliphatic rings. The minimum Gasteiger partial charge on any atom is -0.356 e. The third-order valence-electron chi connectivity index (χ3n) is 5.77. The summed E-state index contributed by atoms with van der Waals surface area (Å²) in [5, 5.41) is 11.2.